The van der Waals surface area contributed by atoms with E-state index in [0.717, 1.165) is 12.8 Å². The molecular weight excluding hydrogens is 144 g/mol. The third-order valence-corrected chi connectivity index (χ3v) is 1.93. The van der Waals surface area contributed by atoms with Crippen LogP contribution in [0.3, 0.4) is 0 Å². The van der Waals surface area contributed by atoms with Gasteiger partial charge in [0.25, 0.3) is 0 Å². The van der Waals surface area contributed by atoms with Crippen LogP contribution < -0.4 is 0 Å². The van der Waals surface area contributed by atoms with Crippen LogP contribution >= 0.6 is 0 Å². The summed E-state index contributed by atoms with van der Waals surface area (Å²) >= 11 is 0. The first-order valence-corrected chi connectivity index (χ1v) is 4.37. The van der Waals surface area contributed by atoms with E-state index in [0.29, 0.717) is 0 Å². The maximum Gasteiger partial charge on any atom is -0.0262 e. The summed E-state index contributed by atoms with van der Waals surface area (Å²) in [6.45, 7) is 7.53. The Morgan fingerprint density at radius 2 is 1.83 bits per heavy atom. The highest BCUT2D eigenvalue weighted by Gasteiger charge is 1.91. The lowest BCUT2D eigenvalue weighted by Crippen LogP contribution is -1.83. The van der Waals surface area contributed by atoms with Crippen molar-refractivity contribution in [2.75, 3.05) is 0 Å². The van der Waals surface area contributed by atoms with Gasteiger partial charge < -0.3 is 0 Å². The monoisotopic (exact) mass is 159 g/mol. The van der Waals surface area contributed by atoms with Crippen LogP contribution in [0.2, 0.25) is 0 Å². The normalized spacial score (nSPS) is 9.75. The van der Waals surface area contributed by atoms with E-state index in [2.05, 4.69) is 37.8 Å². The Morgan fingerprint density at radius 1 is 1.17 bits per heavy atom. The molecule has 0 aliphatic carbocycles. The quantitative estimate of drug-likeness (QED) is 0.631. The van der Waals surface area contributed by atoms with Gasteiger partial charge in [-0.1, -0.05) is 50.3 Å². The standard InChI is InChI=1S/C12H15/c1-3-5-6-12-9-7-11(4-2)8-10-12/h4,7-10H,1-3,5-6H2. The van der Waals surface area contributed by atoms with Crippen LogP contribution in [0.25, 0.3) is 6.08 Å². The zero-order valence-corrected chi connectivity index (χ0v) is 7.42. The first-order valence-electron chi connectivity index (χ1n) is 4.37. The smallest absolute Gasteiger partial charge is 0.0262 e. The third-order valence-electron chi connectivity index (χ3n) is 1.93. The number of unbranched alkanes of at least 4 members (excludes halogenated alkanes) is 1. The fraction of sp³-hybridized carbons (Fsp3) is 0.250. The average molecular weight is 159 g/mol. The Labute approximate surface area is 74.9 Å². The second-order valence-electron chi connectivity index (χ2n) is 2.90. The van der Waals surface area contributed by atoms with Crippen molar-refractivity contribution in [3.05, 3.63) is 48.9 Å². The van der Waals surface area contributed by atoms with Crippen molar-refractivity contribution in [1.82, 2.24) is 0 Å². The Balaban J connectivity index is 2.58. The largest absolute Gasteiger partial charge is 0.0985 e. The van der Waals surface area contributed by atoms with Crippen molar-refractivity contribution < 1.29 is 0 Å². The zero-order chi connectivity index (χ0) is 8.81. The second-order valence-corrected chi connectivity index (χ2v) is 2.90. The minimum atomic E-state index is 1.02. The molecule has 63 valence electrons. The van der Waals surface area contributed by atoms with Crippen molar-refractivity contribution in [3.8, 4) is 0 Å². The minimum absolute atomic E-state index is 1.02. The molecular formula is C12H15. The van der Waals surface area contributed by atoms with E-state index in [1.807, 2.05) is 6.08 Å². The molecule has 0 aliphatic heterocycles. The van der Waals surface area contributed by atoms with Crippen LogP contribution in [0.5, 0.6) is 0 Å². The number of rotatable bonds is 4. The SMILES string of the molecule is [CH2]CCCc1ccc(C=C)cc1. The molecule has 0 fully saturated rings. The Morgan fingerprint density at radius 3 is 2.33 bits per heavy atom. The summed E-state index contributed by atoms with van der Waals surface area (Å²) in [4.78, 5) is 0. The molecule has 0 saturated heterocycles. The number of hydrogen-bond donors (Lipinski definition) is 0. The van der Waals surface area contributed by atoms with Gasteiger partial charge in [-0.2, -0.15) is 0 Å². The van der Waals surface area contributed by atoms with Gasteiger partial charge in [0.05, 0.1) is 0 Å². The molecule has 12 heavy (non-hydrogen) atoms. The van der Waals surface area contributed by atoms with Crippen LogP contribution in [-0.2, 0) is 6.42 Å². The van der Waals surface area contributed by atoms with Gasteiger partial charge in [0, 0.05) is 0 Å². The summed E-state index contributed by atoms with van der Waals surface area (Å²) < 4.78 is 0. The number of aryl methyl sites for hydroxylation is 1. The minimum Gasteiger partial charge on any atom is -0.0985 e. The van der Waals surface area contributed by atoms with Crippen molar-refractivity contribution in [1.29, 1.82) is 0 Å². The molecule has 0 nitrogen and oxygen atoms in total. The van der Waals surface area contributed by atoms with Gasteiger partial charge in [-0.25, -0.2) is 0 Å². The maximum absolute atomic E-state index is 3.82. The summed E-state index contributed by atoms with van der Waals surface area (Å²) in [5, 5.41) is 0. The van der Waals surface area contributed by atoms with E-state index in [9.17, 15) is 0 Å². The number of benzene rings is 1. The van der Waals surface area contributed by atoms with Crippen LogP contribution in [0.15, 0.2) is 30.8 Å². The zero-order valence-electron chi connectivity index (χ0n) is 7.42. The summed E-state index contributed by atoms with van der Waals surface area (Å²) in [5.74, 6) is 0. The molecule has 0 bridgehead atoms. The molecule has 0 unspecified atom stereocenters. The molecule has 0 saturated carbocycles. The molecule has 0 heterocycles. The van der Waals surface area contributed by atoms with Gasteiger partial charge in [-0.3, -0.25) is 0 Å². The molecule has 1 aromatic rings. The van der Waals surface area contributed by atoms with E-state index in [-0.39, 0.29) is 0 Å². The molecule has 1 rings (SSSR count). The van der Waals surface area contributed by atoms with Crippen LogP contribution in [0.1, 0.15) is 24.0 Å². The fourth-order valence-electron chi connectivity index (χ4n) is 1.15. The van der Waals surface area contributed by atoms with Crippen LogP contribution in [0, 0.1) is 6.92 Å². The summed E-state index contributed by atoms with van der Waals surface area (Å²) in [6, 6.07) is 8.52. The maximum atomic E-state index is 3.82. The Kier molecular flexibility index (Phi) is 3.59. The highest BCUT2D eigenvalue weighted by Crippen LogP contribution is 2.08. The van der Waals surface area contributed by atoms with Gasteiger partial charge >= 0.3 is 0 Å². The van der Waals surface area contributed by atoms with E-state index < -0.39 is 0 Å². The molecule has 1 radical (unpaired) electrons. The van der Waals surface area contributed by atoms with Crippen molar-refractivity contribution >= 4 is 6.08 Å². The van der Waals surface area contributed by atoms with E-state index in [4.69, 9.17) is 0 Å². The molecule has 0 N–H and O–H groups in total. The van der Waals surface area contributed by atoms with Crippen molar-refractivity contribution in [2.45, 2.75) is 19.3 Å². The predicted molar refractivity (Wildman–Crippen MR) is 54.8 cm³/mol. The van der Waals surface area contributed by atoms with E-state index >= 15 is 0 Å². The first kappa shape index (κ1) is 9.05. The molecule has 1 aromatic carbocycles. The van der Waals surface area contributed by atoms with Gasteiger partial charge in [0.15, 0.2) is 0 Å². The lowest BCUT2D eigenvalue weighted by Gasteiger charge is -1.99. The highest BCUT2D eigenvalue weighted by atomic mass is 14.0. The fourth-order valence-corrected chi connectivity index (χ4v) is 1.15. The van der Waals surface area contributed by atoms with E-state index in [1.54, 1.807) is 0 Å². The summed E-state index contributed by atoms with van der Waals surface area (Å²) in [7, 11) is 0. The lowest BCUT2D eigenvalue weighted by atomic mass is 10.1. The van der Waals surface area contributed by atoms with Crippen molar-refractivity contribution in [3.63, 3.8) is 0 Å². The molecule has 0 spiro atoms. The van der Waals surface area contributed by atoms with Crippen LogP contribution in [0.4, 0.5) is 0 Å². The predicted octanol–water partition coefficient (Wildman–Crippen LogP) is 3.49. The average Bonchev–Trinajstić information content (AvgIpc) is 2.15. The van der Waals surface area contributed by atoms with Gasteiger partial charge in [0.1, 0.15) is 0 Å². The number of hydrogen-bond acceptors (Lipinski definition) is 0. The molecule has 0 aromatic heterocycles. The highest BCUT2D eigenvalue weighted by molar-refractivity contribution is 5.47. The Hall–Kier alpha value is -1.04. The van der Waals surface area contributed by atoms with E-state index in [1.165, 1.54) is 17.5 Å². The molecule has 0 amide bonds. The second kappa shape index (κ2) is 4.76. The van der Waals surface area contributed by atoms with Gasteiger partial charge in [0.2, 0.25) is 0 Å². The van der Waals surface area contributed by atoms with Gasteiger partial charge in [-0.05, 0) is 24.0 Å². The third kappa shape index (κ3) is 2.54. The first-order chi connectivity index (χ1) is 5.86. The van der Waals surface area contributed by atoms with Crippen molar-refractivity contribution in [2.24, 2.45) is 0 Å². The molecule has 0 heteroatoms. The molecule has 0 atom stereocenters. The topological polar surface area (TPSA) is 0 Å². The van der Waals surface area contributed by atoms with Gasteiger partial charge in [-0.15, -0.1) is 0 Å². The summed E-state index contributed by atoms with van der Waals surface area (Å²) in [6.07, 6.45) is 5.20. The lowest BCUT2D eigenvalue weighted by molar-refractivity contribution is 0.841. The summed E-state index contributed by atoms with van der Waals surface area (Å²) in [5.41, 5.74) is 2.58. The Bertz CT molecular complexity index is 231. The van der Waals surface area contributed by atoms with Crippen LogP contribution in [-0.4, -0.2) is 0 Å². The molecule has 0 aliphatic rings.